The van der Waals surface area contributed by atoms with Crippen molar-refractivity contribution in [1.29, 1.82) is 0 Å². The number of ether oxygens (including phenoxy) is 3. The number of carbonyl (C=O) groups is 2. The van der Waals surface area contributed by atoms with Crippen LogP contribution in [0.25, 0.3) is 0 Å². The Bertz CT molecular complexity index is 987. The molecule has 6 nitrogen and oxygen atoms in total. The summed E-state index contributed by atoms with van der Waals surface area (Å²) in [6.07, 6.45) is 0. The molecule has 3 aromatic rings. The molecule has 0 aliphatic carbocycles. The highest BCUT2D eigenvalue weighted by molar-refractivity contribution is 9.10. The summed E-state index contributed by atoms with van der Waals surface area (Å²) in [6.45, 7) is -0.214. The van der Waals surface area contributed by atoms with Gasteiger partial charge in [0.15, 0.2) is 6.61 Å². The van der Waals surface area contributed by atoms with Crippen LogP contribution in [-0.4, -0.2) is 25.6 Å². The van der Waals surface area contributed by atoms with Crippen molar-refractivity contribution >= 4 is 33.5 Å². The number of anilines is 1. The number of amides is 1. The monoisotopic (exact) mass is 455 g/mol. The van der Waals surface area contributed by atoms with Gasteiger partial charge >= 0.3 is 5.97 Å². The molecular weight excluding hydrogens is 438 g/mol. The fraction of sp³-hybridized carbons (Fsp3) is 0.0909. The Labute approximate surface area is 176 Å². The molecule has 148 valence electrons. The Hall–Kier alpha value is -3.32. The summed E-state index contributed by atoms with van der Waals surface area (Å²) in [5, 5.41) is 2.78. The lowest BCUT2D eigenvalue weighted by Crippen LogP contribution is -2.17. The van der Waals surface area contributed by atoms with E-state index in [1.54, 1.807) is 60.7 Å². The van der Waals surface area contributed by atoms with Gasteiger partial charge in [0.25, 0.3) is 5.91 Å². The quantitative estimate of drug-likeness (QED) is 0.413. The normalized spacial score (nSPS) is 10.1. The number of hydrogen-bond acceptors (Lipinski definition) is 5. The number of hydrogen-bond donors (Lipinski definition) is 1. The van der Waals surface area contributed by atoms with Crippen molar-refractivity contribution in [2.45, 2.75) is 0 Å². The summed E-state index contributed by atoms with van der Waals surface area (Å²) in [6, 6.07) is 20.5. The van der Waals surface area contributed by atoms with Crippen LogP contribution < -0.4 is 19.5 Å². The van der Waals surface area contributed by atoms with E-state index < -0.39 is 5.97 Å². The number of benzene rings is 3. The number of halogens is 1. The topological polar surface area (TPSA) is 73.9 Å². The molecule has 3 rings (SSSR count). The molecule has 0 aromatic heterocycles. The van der Waals surface area contributed by atoms with Gasteiger partial charge in [0.1, 0.15) is 17.2 Å². The maximum atomic E-state index is 12.4. The zero-order chi connectivity index (χ0) is 20.6. The molecule has 0 aliphatic heterocycles. The summed E-state index contributed by atoms with van der Waals surface area (Å²) in [7, 11) is 1.51. The molecule has 7 heteroatoms. The van der Waals surface area contributed by atoms with Crippen LogP contribution in [0.4, 0.5) is 5.69 Å². The molecule has 3 aromatic carbocycles. The lowest BCUT2D eigenvalue weighted by molar-refractivity contribution is -0.136. The molecule has 0 fully saturated rings. The molecule has 0 bridgehead atoms. The Morgan fingerprint density at radius 3 is 2.24 bits per heavy atom. The summed E-state index contributed by atoms with van der Waals surface area (Å²) in [4.78, 5) is 24.3. The predicted molar refractivity (Wildman–Crippen MR) is 113 cm³/mol. The Morgan fingerprint density at radius 2 is 1.55 bits per heavy atom. The van der Waals surface area contributed by atoms with Gasteiger partial charge in [0, 0.05) is 10.2 Å². The second-order valence-corrected chi connectivity index (χ2v) is 6.81. The van der Waals surface area contributed by atoms with Gasteiger partial charge in [0.2, 0.25) is 0 Å². The molecule has 0 spiro atoms. The van der Waals surface area contributed by atoms with Crippen molar-refractivity contribution in [1.82, 2.24) is 0 Å². The third-order valence-corrected chi connectivity index (χ3v) is 4.39. The lowest BCUT2D eigenvalue weighted by Gasteiger charge is -2.10. The second-order valence-electron chi connectivity index (χ2n) is 5.90. The van der Waals surface area contributed by atoms with E-state index in [0.29, 0.717) is 28.5 Å². The van der Waals surface area contributed by atoms with Crippen LogP contribution in [0.1, 0.15) is 10.4 Å². The van der Waals surface area contributed by atoms with Gasteiger partial charge in [-0.15, -0.1) is 0 Å². The maximum absolute atomic E-state index is 12.4. The predicted octanol–water partition coefficient (Wildman–Crippen LogP) is 4.69. The summed E-state index contributed by atoms with van der Waals surface area (Å²) < 4.78 is 16.7. The van der Waals surface area contributed by atoms with E-state index in [0.717, 1.165) is 4.47 Å². The highest BCUT2D eigenvalue weighted by Gasteiger charge is 2.12. The van der Waals surface area contributed by atoms with Crippen LogP contribution in [0.15, 0.2) is 77.3 Å². The first-order valence-electron chi connectivity index (χ1n) is 8.68. The number of methoxy groups -OCH3 is 1. The van der Waals surface area contributed by atoms with Crippen LogP contribution >= 0.6 is 15.9 Å². The third kappa shape index (κ3) is 5.83. The van der Waals surface area contributed by atoms with Crippen molar-refractivity contribution in [3.05, 3.63) is 82.8 Å². The van der Waals surface area contributed by atoms with Gasteiger partial charge in [-0.05, 0) is 60.7 Å². The van der Waals surface area contributed by atoms with Gasteiger partial charge in [-0.25, -0.2) is 4.79 Å². The van der Waals surface area contributed by atoms with E-state index in [9.17, 15) is 9.59 Å². The summed E-state index contributed by atoms with van der Waals surface area (Å²) in [5.41, 5.74) is 0.988. The zero-order valence-electron chi connectivity index (χ0n) is 15.6. The molecule has 0 unspecified atom stereocenters. The number of esters is 1. The number of nitrogens with one attached hydrogen (secondary N) is 1. The van der Waals surface area contributed by atoms with Gasteiger partial charge < -0.3 is 19.5 Å². The van der Waals surface area contributed by atoms with Crippen LogP contribution in [-0.2, 0) is 4.79 Å². The second kappa shape index (κ2) is 9.75. The lowest BCUT2D eigenvalue weighted by atomic mass is 10.2. The molecule has 29 heavy (non-hydrogen) atoms. The first-order valence-corrected chi connectivity index (χ1v) is 9.48. The standard InChI is InChI=1S/C22H18BrNO5/c1-27-20-5-3-2-4-19(20)22(26)24-16-8-12-18(13-9-16)29-21(25)14-28-17-10-6-15(23)7-11-17/h2-13H,14H2,1H3,(H,24,26). The molecular formula is C22H18BrNO5. The van der Waals surface area contributed by atoms with E-state index in [4.69, 9.17) is 14.2 Å². The Balaban J connectivity index is 1.53. The van der Waals surface area contributed by atoms with Crippen LogP contribution in [0.3, 0.4) is 0 Å². The zero-order valence-corrected chi connectivity index (χ0v) is 17.1. The van der Waals surface area contributed by atoms with Crippen molar-refractivity contribution in [3.8, 4) is 17.2 Å². The van der Waals surface area contributed by atoms with Gasteiger partial charge in [-0.1, -0.05) is 28.1 Å². The van der Waals surface area contributed by atoms with Crippen molar-refractivity contribution in [3.63, 3.8) is 0 Å². The van der Waals surface area contributed by atoms with Crippen LogP contribution in [0, 0.1) is 0 Å². The average Bonchev–Trinajstić information content (AvgIpc) is 2.74. The molecule has 0 atom stereocenters. The fourth-order valence-corrected chi connectivity index (χ4v) is 2.74. The van der Waals surface area contributed by atoms with Crippen LogP contribution in [0.2, 0.25) is 0 Å². The van der Waals surface area contributed by atoms with Gasteiger partial charge in [-0.2, -0.15) is 0 Å². The van der Waals surface area contributed by atoms with E-state index in [-0.39, 0.29) is 12.5 Å². The minimum atomic E-state index is -0.529. The summed E-state index contributed by atoms with van der Waals surface area (Å²) in [5.74, 6) is 0.583. The Morgan fingerprint density at radius 1 is 0.897 bits per heavy atom. The minimum absolute atomic E-state index is 0.214. The van der Waals surface area contributed by atoms with Crippen molar-refractivity contribution in [2.24, 2.45) is 0 Å². The highest BCUT2D eigenvalue weighted by Crippen LogP contribution is 2.21. The number of carbonyl (C=O) groups excluding carboxylic acids is 2. The van der Waals surface area contributed by atoms with Crippen LogP contribution in [0.5, 0.6) is 17.2 Å². The van der Waals surface area contributed by atoms with Gasteiger partial charge in [-0.3, -0.25) is 4.79 Å². The van der Waals surface area contributed by atoms with Crippen molar-refractivity contribution in [2.75, 3.05) is 19.0 Å². The van der Waals surface area contributed by atoms with Crippen molar-refractivity contribution < 1.29 is 23.8 Å². The first kappa shape index (κ1) is 20.4. The molecule has 1 amide bonds. The molecule has 0 aliphatic rings. The van der Waals surface area contributed by atoms with Gasteiger partial charge in [0.05, 0.1) is 12.7 Å². The molecule has 0 radical (unpaired) electrons. The maximum Gasteiger partial charge on any atom is 0.349 e. The van der Waals surface area contributed by atoms with E-state index in [2.05, 4.69) is 21.2 Å². The SMILES string of the molecule is COc1ccccc1C(=O)Nc1ccc(OC(=O)COc2ccc(Br)cc2)cc1. The fourth-order valence-electron chi connectivity index (χ4n) is 2.47. The number of para-hydroxylation sites is 1. The van der Waals surface area contributed by atoms with E-state index in [1.165, 1.54) is 7.11 Å². The molecule has 1 N–H and O–H groups in total. The van der Waals surface area contributed by atoms with E-state index in [1.807, 2.05) is 12.1 Å². The minimum Gasteiger partial charge on any atom is -0.496 e. The smallest absolute Gasteiger partial charge is 0.349 e. The molecule has 0 saturated heterocycles. The first-order chi connectivity index (χ1) is 14.0. The van der Waals surface area contributed by atoms with E-state index >= 15 is 0 Å². The summed E-state index contributed by atoms with van der Waals surface area (Å²) >= 11 is 3.33. The molecule has 0 saturated carbocycles. The number of rotatable bonds is 7. The molecule has 0 heterocycles. The third-order valence-electron chi connectivity index (χ3n) is 3.87. The highest BCUT2D eigenvalue weighted by atomic mass is 79.9. The average molecular weight is 456 g/mol. The Kier molecular flexibility index (Phi) is 6.86. The largest absolute Gasteiger partial charge is 0.496 e.